The van der Waals surface area contributed by atoms with Gasteiger partial charge in [-0.25, -0.2) is 4.98 Å². The van der Waals surface area contributed by atoms with E-state index in [1.165, 1.54) is 10.9 Å². The number of halogens is 1. The Hall–Kier alpha value is -3.98. The van der Waals surface area contributed by atoms with Gasteiger partial charge in [0.25, 0.3) is 5.56 Å². The van der Waals surface area contributed by atoms with E-state index in [0.717, 1.165) is 29.3 Å². The second kappa shape index (κ2) is 8.35. The number of anilines is 1. The molecule has 35 heavy (non-hydrogen) atoms. The molecule has 1 saturated carbocycles. The van der Waals surface area contributed by atoms with Crippen molar-refractivity contribution in [2.24, 2.45) is 0 Å². The van der Waals surface area contributed by atoms with Crippen LogP contribution in [0.25, 0.3) is 21.9 Å². The summed E-state index contributed by atoms with van der Waals surface area (Å²) in [4.78, 5) is 35.6. The lowest BCUT2D eigenvalue weighted by molar-refractivity contribution is -0.116. The molecule has 3 aromatic heterocycles. The Morgan fingerprint density at radius 2 is 2.03 bits per heavy atom. The van der Waals surface area contributed by atoms with Crippen LogP contribution < -0.4 is 10.9 Å². The van der Waals surface area contributed by atoms with Crippen molar-refractivity contribution < 1.29 is 9.32 Å². The molecule has 2 aromatic carbocycles. The Balaban J connectivity index is 1.39. The number of carbonyl (C=O) groups is 1. The van der Waals surface area contributed by atoms with Crippen molar-refractivity contribution in [3.8, 4) is 0 Å². The van der Waals surface area contributed by atoms with Gasteiger partial charge in [0.1, 0.15) is 24.1 Å². The summed E-state index contributed by atoms with van der Waals surface area (Å²) in [6.07, 6.45) is 3.60. The van der Waals surface area contributed by atoms with E-state index in [4.69, 9.17) is 16.1 Å². The van der Waals surface area contributed by atoms with E-state index in [0.29, 0.717) is 39.4 Å². The van der Waals surface area contributed by atoms with Crippen molar-refractivity contribution in [1.82, 2.24) is 24.3 Å². The van der Waals surface area contributed by atoms with Gasteiger partial charge in [0, 0.05) is 22.0 Å². The number of carbonyl (C=O) groups excluding carboxylic acids is 1. The van der Waals surface area contributed by atoms with E-state index in [9.17, 15) is 9.59 Å². The van der Waals surface area contributed by atoms with E-state index < -0.39 is 0 Å². The number of hydrogen-bond donors (Lipinski definition) is 1. The van der Waals surface area contributed by atoms with E-state index in [1.54, 1.807) is 22.8 Å². The first-order valence-electron chi connectivity index (χ1n) is 11.3. The van der Waals surface area contributed by atoms with Crippen LogP contribution in [0.15, 0.2) is 58.1 Å². The second-order valence-corrected chi connectivity index (χ2v) is 9.17. The molecule has 6 rings (SSSR count). The van der Waals surface area contributed by atoms with Gasteiger partial charge in [0.05, 0.1) is 11.8 Å². The van der Waals surface area contributed by atoms with Gasteiger partial charge < -0.3 is 14.4 Å². The highest BCUT2D eigenvalue weighted by Gasteiger charge is 2.29. The predicted molar refractivity (Wildman–Crippen MR) is 132 cm³/mol. The first kappa shape index (κ1) is 21.5. The number of nitrogens with one attached hydrogen (secondary N) is 1. The van der Waals surface area contributed by atoms with Gasteiger partial charge in [-0.15, -0.1) is 0 Å². The van der Waals surface area contributed by atoms with Crippen molar-refractivity contribution in [3.05, 3.63) is 81.4 Å². The molecule has 1 aliphatic rings. The highest BCUT2D eigenvalue weighted by molar-refractivity contribution is 6.31. The molecule has 1 amide bonds. The molecule has 0 aliphatic heterocycles. The lowest BCUT2D eigenvalue weighted by Gasteiger charge is -2.11. The summed E-state index contributed by atoms with van der Waals surface area (Å²) >= 11 is 6.20. The average Bonchev–Trinajstić information content (AvgIpc) is 3.52. The minimum absolute atomic E-state index is 0.0662. The van der Waals surface area contributed by atoms with Crippen LogP contribution >= 0.6 is 11.6 Å². The van der Waals surface area contributed by atoms with Gasteiger partial charge in [0.15, 0.2) is 5.82 Å². The first-order valence-corrected chi connectivity index (χ1v) is 11.7. The molecular weight excluding hydrogens is 468 g/mol. The number of para-hydroxylation sites is 1. The van der Waals surface area contributed by atoms with Crippen molar-refractivity contribution >= 4 is 45.1 Å². The molecule has 0 spiro atoms. The third kappa shape index (κ3) is 3.87. The van der Waals surface area contributed by atoms with Gasteiger partial charge >= 0.3 is 0 Å². The molecular formula is C25H21ClN6O3. The van der Waals surface area contributed by atoms with Gasteiger partial charge in [-0.1, -0.05) is 41.0 Å². The van der Waals surface area contributed by atoms with Crippen LogP contribution in [0.2, 0.25) is 5.02 Å². The summed E-state index contributed by atoms with van der Waals surface area (Å²) in [7, 11) is 0. The smallest absolute Gasteiger partial charge is 0.278 e. The van der Waals surface area contributed by atoms with E-state index in [2.05, 4.69) is 20.4 Å². The standard InChI is InChI=1S/C25H21ClN6O3/c1-14-17(26)6-4-7-18(14)28-20(33)11-32-19-8-3-2-5-16(19)22-23(32)25(34)31(13-27-22)12-21-29-24(30-35-21)15-9-10-15/h2-8,13,15H,9-12H2,1H3,(H,28,33). The Labute approximate surface area is 204 Å². The quantitative estimate of drug-likeness (QED) is 0.382. The third-order valence-corrected chi connectivity index (χ3v) is 6.72. The molecule has 0 bridgehead atoms. The van der Waals surface area contributed by atoms with Gasteiger partial charge in [-0.3, -0.25) is 14.2 Å². The largest absolute Gasteiger partial charge is 0.337 e. The molecule has 0 unspecified atom stereocenters. The summed E-state index contributed by atoms with van der Waals surface area (Å²) in [5.41, 5.74) is 2.74. The summed E-state index contributed by atoms with van der Waals surface area (Å²) in [5, 5.41) is 8.29. The maximum absolute atomic E-state index is 13.6. The molecule has 10 heteroatoms. The Kier molecular flexibility index (Phi) is 5.14. The molecule has 1 N–H and O–H groups in total. The zero-order valence-electron chi connectivity index (χ0n) is 18.9. The average molecular weight is 489 g/mol. The topological polar surface area (TPSA) is 108 Å². The van der Waals surface area contributed by atoms with Crippen LogP contribution in [0.1, 0.15) is 36.0 Å². The van der Waals surface area contributed by atoms with E-state index >= 15 is 0 Å². The summed E-state index contributed by atoms with van der Waals surface area (Å²) < 4.78 is 8.48. The SMILES string of the molecule is Cc1c(Cl)cccc1NC(=O)Cn1c2ccccc2c2ncn(Cc3nc(C4CC4)no3)c(=O)c21. The fourth-order valence-corrected chi connectivity index (χ4v) is 4.46. The van der Waals surface area contributed by atoms with Crippen LogP contribution in [-0.4, -0.2) is 30.2 Å². The highest BCUT2D eigenvalue weighted by Crippen LogP contribution is 2.38. The summed E-state index contributed by atoms with van der Waals surface area (Å²) in [5.74, 6) is 1.11. The number of nitrogens with zero attached hydrogens (tertiary/aromatic N) is 5. The van der Waals surface area contributed by atoms with Gasteiger partial charge in [0.2, 0.25) is 11.8 Å². The molecule has 5 aromatic rings. The zero-order valence-corrected chi connectivity index (χ0v) is 19.6. The van der Waals surface area contributed by atoms with Crippen LogP contribution in [0.3, 0.4) is 0 Å². The first-order chi connectivity index (χ1) is 17.0. The number of hydrogen-bond acceptors (Lipinski definition) is 6. The van der Waals surface area contributed by atoms with Gasteiger partial charge in [-0.05, 0) is 43.5 Å². The molecule has 0 saturated heterocycles. The second-order valence-electron chi connectivity index (χ2n) is 8.76. The Morgan fingerprint density at radius 3 is 2.86 bits per heavy atom. The number of aromatic nitrogens is 5. The summed E-state index contributed by atoms with van der Waals surface area (Å²) in [6.45, 7) is 1.88. The maximum atomic E-state index is 13.6. The molecule has 1 fully saturated rings. The van der Waals surface area contributed by atoms with E-state index in [1.807, 2.05) is 31.2 Å². The minimum Gasteiger partial charge on any atom is -0.337 e. The minimum atomic E-state index is -0.288. The third-order valence-electron chi connectivity index (χ3n) is 6.31. The molecule has 176 valence electrons. The number of rotatable bonds is 6. The van der Waals surface area contributed by atoms with Crippen molar-refractivity contribution in [2.45, 2.75) is 38.8 Å². The molecule has 3 heterocycles. The molecule has 1 aliphatic carbocycles. The van der Waals surface area contributed by atoms with Crippen molar-refractivity contribution in [1.29, 1.82) is 0 Å². The van der Waals surface area contributed by atoms with E-state index in [-0.39, 0.29) is 24.6 Å². The molecule has 0 radical (unpaired) electrons. The van der Waals surface area contributed by atoms with Crippen molar-refractivity contribution in [2.75, 3.05) is 5.32 Å². The Bertz CT molecular complexity index is 1660. The highest BCUT2D eigenvalue weighted by atomic mass is 35.5. The zero-order chi connectivity index (χ0) is 24.1. The fourth-order valence-electron chi connectivity index (χ4n) is 4.29. The van der Waals surface area contributed by atoms with Crippen LogP contribution in [-0.2, 0) is 17.9 Å². The Morgan fingerprint density at radius 1 is 1.20 bits per heavy atom. The number of benzene rings is 2. The number of amides is 1. The normalized spacial score (nSPS) is 13.5. The lowest BCUT2D eigenvalue weighted by atomic mass is 10.2. The maximum Gasteiger partial charge on any atom is 0.278 e. The lowest BCUT2D eigenvalue weighted by Crippen LogP contribution is -2.25. The van der Waals surface area contributed by atoms with Gasteiger partial charge in [-0.2, -0.15) is 4.98 Å². The summed E-state index contributed by atoms with van der Waals surface area (Å²) in [6, 6.07) is 12.9. The predicted octanol–water partition coefficient (Wildman–Crippen LogP) is 4.26. The molecule has 9 nitrogen and oxygen atoms in total. The van der Waals surface area contributed by atoms with Crippen LogP contribution in [0.5, 0.6) is 0 Å². The van der Waals surface area contributed by atoms with Crippen LogP contribution in [0, 0.1) is 6.92 Å². The fraction of sp³-hybridized carbons (Fsp3) is 0.240. The van der Waals surface area contributed by atoms with Crippen molar-refractivity contribution in [3.63, 3.8) is 0 Å². The monoisotopic (exact) mass is 488 g/mol. The number of fused-ring (bicyclic) bond motifs is 3. The van der Waals surface area contributed by atoms with Crippen LogP contribution in [0.4, 0.5) is 5.69 Å². The molecule has 0 atom stereocenters.